The summed E-state index contributed by atoms with van der Waals surface area (Å²) in [7, 11) is -2.41. The van der Waals surface area contributed by atoms with Crippen molar-refractivity contribution >= 4 is 8.32 Å². The average molecular weight is 403 g/mol. The van der Waals surface area contributed by atoms with E-state index < -0.39 is 37.9 Å². The monoisotopic (exact) mass is 402 g/mol. The van der Waals surface area contributed by atoms with Gasteiger partial charge in [-0.15, -0.1) is 0 Å². The molecule has 0 saturated carbocycles. The van der Waals surface area contributed by atoms with Crippen LogP contribution < -0.4 is 0 Å². The third-order valence-electron chi connectivity index (χ3n) is 4.83. The quantitative estimate of drug-likeness (QED) is 0.640. The van der Waals surface area contributed by atoms with Crippen LogP contribution in [-0.2, 0) is 19.5 Å². The first-order valence-corrected chi connectivity index (χ1v) is 12.8. The molecule has 1 aliphatic rings. The first-order valence-electron chi connectivity index (χ1n) is 9.67. The zero-order valence-corrected chi connectivity index (χ0v) is 17.9. The topological polar surface area (TPSA) is 47.9 Å². The minimum atomic E-state index is -2.41. The van der Waals surface area contributed by atoms with Gasteiger partial charge in [0.2, 0.25) is 0 Å². The molecule has 0 amide bonds. The van der Waals surface area contributed by atoms with Gasteiger partial charge in [-0.1, -0.05) is 12.1 Å². The van der Waals surface area contributed by atoms with Crippen molar-refractivity contribution in [3.63, 3.8) is 0 Å². The van der Waals surface area contributed by atoms with Crippen LogP contribution in [0.1, 0.15) is 45.6 Å². The molecule has 2 rings (SSSR count). The van der Waals surface area contributed by atoms with Crippen LogP contribution >= 0.6 is 0 Å². The van der Waals surface area contributed by atoms with E-state index in [0.717, 1.165) is 25.3 Å². The lowest BCUT2D eigenvalue weighted by Crippen LogP contribution is -2.50. The number of hydrogen-bond donors (Lipinski definition) is 1. The standard InChI is InChI=1S/C20H32F2O4Si/c1-14(2)26-27(4,5)13-20(23,16-9-8-10-17(21)19(16)22)15(3)25-18-11-6-7-12-24-18/h8-10,14-15,18,23H,6-7,11-13H2,1-5H3/t15-,18?,20-/m1/s1. The third kappa shape index (κ3) is 5.81. The van der Waals surface area contributed by atoms with Crippen LogP contribution in [0.3, 0.4) is 0 Å². The molecule has 27 heavy (non-hydrogen) atoms. The normalized spacial score (nSPS) is 21.9. The minimum absolute atomic E-state index is 0.0221. The Labute approximate surface area is 162 Å². The number of rotatable bonds is 8. The zero-order valence-electron chi connectivity index (χ0n) is 16.9. The SMILES string of the molecule is CC(C)O[Si](C)(C)C[C@](O)(c1cccc(F)c1F)[C@@H](C)OC1CCCCO1. The van der Waals surface area contributed by atoms with Gasteiger partial charge in [0.15, 0.2) is 26.2 Å². The maximum atomic E-state index is 14.6. The van der Waals surface area contributed by atoms with Crippen molar-refractivity contribution in [1.82, 2.24) is 0 Å². The van der Waals surface area contributed by atoms with Gasteiger partial charge < -0.3 is 19.0 Å². The summed E-state index contributed by atoms with van der Waals surface area (Å²) in [4.78, 5) is 0. The van der Waals surface area contributed by atoms with Crippen molar-refractivity contribution in [2.45, 2.75) is 83.3 Å². The van der Waals surface area contributed by atoms with Gasteiger partial charge in [-0.3, -0.25) is 0 Å². The largest absolute Gasteiger partial charge is 0.415 e. The fourth-order valence-corrected chi connectivity index (χ4v) is 6.92. The van der Waals surface area contributed by atoms with Crippen molar-refractivity contribution < 1.29 is 27.8 Å². The molecule has 1 unspecified atom stereocenters. The van der Waals surface area contributed by atoms with Crippen LogP contribution in [0, 0.1) is 11.6 Å². The Balaban J connectivity index is 2.35. The highest BCUT2D eigenvalue weighted by molar-refractivity contribution is 6.71. The highest BCUT2D eigenvalue weighted by Gasteiger charge is 2.46. The first-order chi connectivity index (χ1) is 12.5. The molecule has 1 aromatic rings. The Hall–Kier alpha value is -0.863. The lowest BCUT2D eigenvalue weighted by molar-refractivity contribution is -0.223. The molecular formula is C20H32F2O4Si. The first kappa shape index (κ1) is 22.4. The average Bonchev–Trinajstić information content (AvgIpc) is 2.56. The van der Waals surface area contributed by atoms with Crippen molar-refractivity contribution in [2.75, 3.05) is 6.61 Å². The van der Waals surface area contributed by atoms with E-state index in [-0.39, 0.29) is 17.7 Å². The maximum absolute atomic E-state index is 14.6. The highest BCUT2D eigenvalue weighted by atomic mass is 28.4. The maximum Gasteiger partial charge on any atom is 0.190 e. The molecule has 0 spiro atoms. The third-order valence-corrected chi connectivity index (χ3v) is 7.33. The molecule has 4 nitrogen and oxygen atoms in total. The van der Waals surface area contributed by atoms with Crippen LogP contribution in [0.2, 0.25) is 19.1 Å². The summed E-state index contributed by atoms with van der Waals surface area (Å²) in [5, 5.41) is 11.6. The Morgan fingerprint density at radius 1 is 1.26 bits per heavy atom. The summed E-state index contributed by atoms with van der Waals surface area (Å²) < 4.78 is 46.1. The van der Waals surface area contributed by atoms with Crippen LogP contribution in [-0.4, -0.2) is 38.5 Å². The molecular weight excluding hydrogens is 370 g/mol. The van der Waals surface area contributed by atoms with Gasteiger partial charge in [-0.25, -0.2) is 8.78 Å². The lowest BCUT2D eigenvalue weighted by atomic mass is 9.89. The number of ether oxygens (including phenoxy) is 2. The fourth-order valence-electron chi connectivity index (χ4n) is 3.78. The second kappa shape index (κ2) is 9.09. The smallest absolute Gasteiger partial charge is 0.190 e. The molecule has 0 radical (unpaired) electrons. The molecule has 1 aliphatic heterocycles. The molecule has 0 aromatic heterocycles. The molecule has 7 heteroatoms. The number of hydrogen-bond acceptors (Lipinski definition) is 4. The Kier molecular flexibility index (Phi) is 7.55. The van der Waals surface area contributed by atoms with Crippen LogP contribution in [0.25, 0.3) is 0 Å². The van der Waals surface area contributed by atoms with E-state index in [1.54, 1.807) is 6.92 Å². The van der Waals surface area contributed by atoms with Gasteiger partial charge in [0, 0.05) is 24.3 Å². The highest BCUT2D eigenvalue weighted by Crippen LogP contribution is 2.39. The molecule has 3 atom stereocenters. The van der Waals surface area contributed by atoms with Gasteiger partial charge in [0.25, 0.3) is 0 Å². The second-order valence-corrected chi connectivity index (χ2v) is 12.3. The van der Waals surface area contributed by atoms with Gasteiger partial charge >= 0.3 is 0 Å². The van der Waals surface area contributed by atoms with Crippen molar-refractivity contribution in [1.29, 1.82) is 0 Å². The van der Waals surface area contributed by atoms with Gasteiger partial charge in [-0.2, -0.15) is 0 Å². The molecule has 1 saturated heterocycles. The van der Waals surface area contributed by atoms with E-state index in [4.69, 9.17) is 13.9 Å². The van der Waals surface area contributed by atoms with Crippen LogP contribution in [0.5, 0.6) is 0 Å². The van der Waals surface area contributed by atoms with Crippen molar-refractivity contribution in [3.05, 3.63) is 35.4 Å². The summed E-state index contributed by atoms with van der Waals surface area (Å²) >= 11 is 0. The Morgan fingerprint density at radius 3 is 2.56 bits per heavy atom. The van der Waals surface area contributed by atoms with E-state index in [0.29, 0.717) is 6.61 Å². The van der Waals surface area contributed by atoms with E-state index in [2.05, 4.69) is 0 Å². The van der Waals surface area contributed by atoms with Gasteiger partial charge in [0.1, 0.15) is 5.60 Å². The zero-order chi connectivity index (χ0) is 20.2. The molecule has 0 aliphatic carbocycles. The Morgan fingerprint density at radius 2 is 1.96 bits per heavy atom. The van der Waals surface area contributed by atoms with Crippen molar-refractivity contribution in [2.24, 2.45) is 0 Å². The minimum Gasteiger partial charge on any atom is -0.415 e. The summed E-state index contributed by atoms with van der Waals surface area (Å²) in [6.45, 7) is 10.0. The second-order valence-electron chi connectivity index (χ2n) is 8.20. The van der Waals surface area contributed by atoms with E-state index in [9.17, 15) is 13.9 Å². The summed E-state index contributed by atoms with van der Waals surface area (Å²) in [6, 6.07) is 4.04. The predicted molar refractivity (Wildman–Crippen MR) is 103 cm³/mol. The summed E-state index contributed by atoms with van der Waals surface area (Å²) in [5.41, 5.74) is -1.82. The number of aliphatic hydroxyl groups is 1. The summed E-state index contributed by atoms with van der Waals surface area (Å²) in [5.74, 6) is -2.04. The van der Waals surface area contributed by atoms with Crippen LogP contribution in [0.15, 0.2) is 18.2 Å². The molecule has 1 fully saturated rings. The van der Waals surface area contributed by atoms with E-state index in [1.165, 1.54) is 12.1 Å². The van der Waals surface area contributed by atoms with Crippen molar-refractivity contribution in [3.8, 4) is 0 Å². The molecule has 1 aromatic carbocycles. The number of benzene rings is 1. The molecule has 1 N–H and O–H groups in total. The molecule has 0 bridgehead atoms. The summed E-state index contributed by atoms with van der Waals surface area (Å²) in [6.07, 6.45) is 1.40. The predicted octanol–water partition coefficient (Wildman–Crippen LogP) is 4.71. The molecule has 1 heterocycles. The molecule has 154 valence electrons. The van der Waals surface area contributed by atoms with Gasteiger partial charge in [-0.05, 0) is 59.2 Å². The fraction of sp³-hybridized carbons (Fsp3) is 0.700. The van der Waals surface area contributed by atoms with Gasteiger partial charge in [0.05, 0.1) is 6.10 Å². The van der Waals surface area contributed by atoms with Crippen LogP contribution in [0.4, 0.5) is 8.78 Å². The van der Waals surface area contributed by atoms with E-state index in [1.807, 2.05) is 26.9 Å². The number of halogens is 2. The lowest BCUT2D eigenvalue weighted by Gasteiger charge is -2.41. The van der Waals surface area contributed by atoms with E-state index >= 15 is 0 Å². The Bertz CT molecular complexity index is 620.